The van der Waals surface area contributed by atoms with Crippen LogP contribution in [0.25, 0.3) is 0 Å². The smallest absolute Gasteiger partial charge is 0.245 e. The van der Waals surface area contributed by atoms with E-state index in [1.807, 2.05) is 6.92 Å². The van der Waals surface area contributed by atoms with Crippen LogP contribution < -0.4 is 10.0 Å². The van der Waals surface area contributed by atoms with Gasteiger partial charge in [-0.2, -0.15) is 0 Å². The summed E-state index contributed by atoms with van der Waals surface area (Å²) < 4.78 is 25.8. The Labute approximate surface area is 154 Å². The topological polar surface area (TPSA) is 95.6 Å². The number of nitrogens with one attached hydrogen (secondary N) is 2. The summed E-state index contributed by atoms with van der Waals surface area (Å²) in [6.07, 6.45) is 2.78. The lowest BCUT2D eigenvalue weighted by atomic mass is 9.96. The lowest BCUT2D eigenvalue weighted by molar-refractivity contribution is -0.132. The molecule has 142 valence electrons. The van der Waals surface area contributed by atoms with Gasteiger partial charge in [-0.05, 0) is 50.6 Å². The van der Waals surface area contributed by atoms with Crippen LogP contribution in [0.5, 0.6) is 0 Å². The number of rotatable bonds is 6. The fraction of sp³-hybridized carbons (Fsp3) is 0.444. The zero-order valence-electron chi connectivity index (χ0n) is 15.1. The van der Waals surface area contributed by atoms with Crippen molar-refractivity contribution in [3.8, 4) is 0 Å². The van der Waals surface area contributed by atoms with Crippen molar-refractivity contribution in [2.45, 2.75) is 30.7 Å². The Morgan fingerprint density at radius 1 is 1.31 bits per heavy atom. The average molecular weight is 379 g/mol. The molecule has 1 aromatic rings. The molecule has 7 nitrogen and oxygen atoms in total. The summed E-state index contributed by atoms with van der Waals surface area (Å²) >= 11 is 0. The monoisotopic (exact) mass is 379 g/mol. The number of sulfonamides is 1. The highest BCUT2D eigenvalue weighted by Crippen LogP contribution is 2.20. The van der Waals surface area contributed by atoms with E-state index in [0.29, 0.717) is 13.1 Å². The molecule has 2 rings (SSSR count). The van der Waals surface area contributed by atoms with Gasteiger partial charge in [0.1, 0.15) is 0 Å². The van der Waals surface area contributed by atoms with Crippen LogP contribution in [-0.2, 0) is 19.6 Å². The predicted octanol–water partition coefficient (Wildman–Crippen LogP) is 1.20. The minimum absolute atomic E-state index is 0.106. The first kappa shape index (κ1) is 20.1. The Morgan fingerprint density at radius 2 is 1.96 bits per heavy atom. The zero-order valence-corrected chi connectivity index (χ0v) is 15.9. The fourth-order valence-corrected chi connectivity index (χ4v) is 3.72. The molecule has 2 amide bonds. The van der Waals surface area contributed by atoms with Gasteiger partial charge in [0.15, 0.2) is 0 Å². The normalized spacial score (nSPS) is 18.8. The number of hydrogen-bond acceptors (Lipinski definition) is 4. The van der Waals surface area contributed by atoms with Gasteiger partial charge >= 0.3 is 0 Å². The Bertz CT molecular complexity index is 774. The average Bonchev–Trinajstić information content (AvgIpc) is 2.67. The van der Waals surface area contributed by atoms with E-state index in [1.165, 1.54) is 25.3 Å². The highest BCUT2D eigenvalue weighted by Gasteiger charge is 2.28. The molecule has 2 N–H and O–H groups in total. The molecule has 1 aliphatic heterocycles. The molecule has 1 aliphatic rings. The molecule has 1 heterocycles. The minimum Gasteiger partial charge on any atom is -0.349 e. The number of likely N-dealkylation sites (tertiary alicyclic amines) is 1. The van der Waals surface area contributed by atoms with Gasteiger partial charge in [0.05, 0.1) is 16.9 Å². The molecule has 1 aromatic carbocycles. The molecule has 1 fully saturated rings. The summed E-state index contributed by atoms with van der Waals surface area (Å²) in [5, 5.41) is 2.95. The van der Waals surface area contributed by atoms with Gasteiger partial charge in [0.25, 0.3) is 0 Å². The van der Waals surface area contributed by atoms with Crippen LogP contribution in [0.1, 0.15) is 31.4 Å². The van der Waals surface area contributed by atoms with Gasteiger partial charge in [-0.15, -0.1) is 0 Å². The molecule has 26 heavy (non-hydrogen) atoms. The highest BCUT2D eigenvalue weighted by atomic mass is 32.2. The Hall–Kier alpha value is -2.19. The second kappa shape index (κ2) is 8.46. The SMILES string of the molecule is C=CC(=O)N1CCCC(C(=O)NC(C)c2ccc(S(=O)(=O)NC)cc2)C1. The zero-order chi connectivity index (χ0) is 19.3. The molecular formula is C18H25N3O4S. The van der Waals surface area contributed by atoms with Crippen LogP contribution in [0.4, 0.5) is 0 Å². The van der Waals surface area contributed by atoms with Crippen molar-refractivity contribution >= 4 is 21.8 Å². The van der Waals surface area contributed by atoms with Gasteiger partial charge in [-0.3, -0.25) is 9.59 Å². The van der Waals surface area contributed by atoms with E-state index in [0.717, 1.165) is 18.4 Å². The quantitative estimate of drug-likeness (QED) is 0.726. The molecule has 8 heteroatoms. The number of carbonyl (C=O) groups excluding carboxylic acids is 2. The first-order valence-electron chi connectivity index (χ1n) is 8.53. The largest absolute Gasteiger partial charge is 0.349 e. The Balaban J connectivity index is 2.00. The van der Waals surface area contributed by atoms with Crippen molar-refractivity contribution in [3.63, 3.8) is 0 Å². The summed E-state index contributed by atoms with van der Waals surface area (Å²) in [7, 11) is -2.12. The molecule has 2 atom stereocenters. The summed E-state index contributed by atoms with van der Waals surface area (Å²) in [5.74, 6) is -0.512. The number of piperidine rings is 1. The number of amides is 2. The van der Waals surface area contributed by atoms with Crippen molar-refractivity contribution in [3.05, 3.63) is 42.5 Å². The Morgan fingerprint density at radius 3 is 2.54 bits per heavy atom. The van der Waals surface area contributed by atoms with Gasteiger partial charge < -0.3 is 10.2 Å². The van der Waals surface area contributed by atoms with Crippen LogP contribution >= 0.6 is 0 Å². The number of benzene rings is 1. The molecule has 0 aromatic heterocycles. The van der Waals surface area contributed by atoms with E-state index >= 15 is 0 Å². The van der Waals surface area contributed by atoms with Crippen LogP contribution in [0.3, 0.4) is 0 Å². The summed E-state index contributed by atoms with van der Waals surface area (Å²) in [5.41, 5.74) is 0.809. The van der Waals surface area contributed by atoms with Crippen LogP contribution in [-0.4, -0.2) is 45.3 Å². The second-order valence-corrected chi connectivity index (χ2v) is 8.22. The molecule has 2 unspecified atom stereocenters. The first-order valence-corrected chi connectivity index (χ1v) is 10.0. The van der Waals surface area contributed by atoms with Gasteiger partial charge in [0.2, 0.25) is 21.8 Å². The van der Waals surface area contributed by atoms with E-state index in [2.05, 4.69) is 16.6 Å². The minimum atomic E-state index is -3.48. The molecular weight excluding hydrogens is 354 g/mol. The molecule has 0 radical (unpaired) electrons. The molecule has 0 bridgehead atoms. The summed E-state index contributed by atoms with van der Waals surface area (Å²) in [6.45, 7) is 6.36. The van der Waals surface area contributed by atoms with Gasteiger partial charge in [-0.25, -0.2) is 13.1 Å². The summed E-state index contributed by atoms with van der Waals surface area (Å²) in [4.78, 5) is 26.1. The van der Waals surface area contributed by atoms with E-state index in [9.17, 15) is 18.0 Å². The molecule has 1 saturated heterocycles. The lowest BCUT2D eigenvalue weighted by Gasteiger charge is -2.32. The number of nitrogens with zero attached hydrogens (tertiary/aromatic N) is 1. The van der Waals surface area contributed by atoms with Crippen molar-refractivity contribution in [2.75, 3.05) is 20.1 Å². The second-order valence-electron chi connectivity index (χ2n) is 6.33. The van der Waals surface area contributed by atoms with Crippen LogP contribution in [0, 0.1) is 5.92 Å². The van der Waals surface area contributed by atoms with Gasteiger partial charge in [0, 0.05) is 13.1 Å². The third kappa shape index (κ3) is 4.70. The van der Waals surface area contributed by atoms with E-state index < -0.39 is 10.0 Å². The van der Waals surface area contributed by atoms with Crippen molar-refractivity contribution in [2.24, 2.45) is 5.92 Å². The van der Waals surface area contributed by atoms with Crippen LogP contribution in [0.2, 0.25) is 0 Å². The van der Waals surface area contributed by atoms with E-state index in [1.54, 1.807) is 17.0 Å². The first-order chi connectivity index (χ1) is 12.3. The maximum absolute atomic E-state index is 12.5. The number of carbonyl (C=O) groups is 2. The molecule has 0 aliphatic carbocycles. The fourth-order valence-electron chi connectivity index (χ4n) is 2.99. The Kier molecular flexibility index (Phi) is 6.55. The lowest BCUT2D eigenvalue weighted by Crippen LogP contribution is -2.45. The van der Waals surface area contributed by atoms with Crippen molar-refractivity contribution in [1.29, 1.82) is 0 Å². The third-order valence-corrected chi connectivity index (χ3v) is 6.03. The van der Waals surface area contributed by atoms with Crippen molar-refractivity contribution < 1.29 is 18.0 Å². The van der Waals surface area contributed by atoms with Gasteiger partial charge in [-0.1, -0.05) is 18.7 Å². The summed E-state index contributed by atoms with van der Waals surface area (Å²) in [6, 6.07) is 6.12. The molecule has 0 spiro atoms. The third-order valence-electron chi connectivity index (χ3n) is 4.60. The predicted molar refractivity (Wildman–Crippen MR) is 98.7 cm³/mol. The van der Waals surface area contributed by atoms with Crippen LogP contribution in [0.15, 0.2) is 41.8 Å². The van der Waals surface area contributed by atoms with E-state index in [4.69, 9.17) is 0 Å². The molecule has 0 saturated carbocycles. The van der Waals surface area contributed by atoms with Crippen molar-refractivity contribution in [1.82, 2.24) is 14.9 Å². The maximum Gasteiger partial charge on any atom is 0.245 e. The number of hydrogen-bond donors (Lipinski definition) is 2. The van der Waals surface area contributed by atoms with E-state index in [-0.39, 0.29) is 28.7 Å². The maximum atomic E-state index is 12.5. The highest BCUT2D eigenvalue weighted by molar-refractivity contribution is 7.89. The standard InChI is InChI=1S/C18H25N3O4S/c1-4-17(22)21-11-5-6-15(12-21)18(23)20-13(2)14-7-9-16(10-8-14)26(24,25)19-3/h4,7-10,13,15,19H,1,5-6,11-12H2,2-3H3,(H,20,23).